The van der Waals surface area contributed by atoms with Gasteiger partial charge in [-0.2, -0.15) is 0 Å². The van der Waals surface area contributed by atoms with Crippen molar-refractivity contribution in [3.8, 4) is 0 Å². The molecule has 1 atom stereocenters. The molecule has 0 radical (unpaired) electrons. The van der Waals surface area contributed by atoms with E-state index >= 15 is 0 Å². The zero-order chi connectivity index (χ0) is 13.1. The Morgan fingerprint density at radius 3 is 2.74 bits per heavy atom. The first kappa shape index (κ1) is 11.9. The Bertz CT molecular complexity index is 661. The van der Waals surface area contributed by atoms with Gasteiger partial charge in [-0.1, -0.05) is 36.4 Å². The highest BCUT2D eigenvalue weighted by molar-refractivity contribution is 5.83. The lowest BCUT2D eigenvalue weighted by Gasteiger charge is -2.17. The standard InChI is InChI=1S/C16H16N2O/c1-19-16(11-18-9-8-17-12-18)15-7-6-13-4-2-3-5-14(13)10-15/h2-10,12,16H,11H2,1H3. The SMILES string of the molecule is COC(Cn1ccnc1)c1ccc2ccccc2c1. The Hall–Kier alpha value is -2.13. The van der Waals surface area contributed by atoms with Crippen LogP contribution in [0, 0.1) is 0 Å². The number of nitrogens with zero attached hydrogens (tertiary/aromatic N) is 2. The first-order valence-electron chi connectivity index (χ1n) is 6.34. The van der Waals surface area contributed by atoms with Crippen molar-refractivity contribution in [1.29, 1.82) is 0 Å². The van der Waals surface area contributed by atoms with E-state index in [1.807, 2.05) is 17.1 Å². The van der Waals surface area contributed by atoms with Crippen LogP contribution in [-0.4, -0.2) is 16.7 Å². The van der Waals surface area contributed by atoms with Crippen LogP contribution in [-0.2, 0) is 11.3 Å². The van der Waals surface area contributed by atoms with Crippen LogP contribution >= 0.6 is 0 Å². The third-order valence-corrected chi connectivity index (χ3v) is 3.37. The van der Waals surface area contributed by atoms with Gasteiger partial charge in [0.1, 0.15) is 6.10 Å². The molecule has 3 nitrogen and oxygen atoms in total. The van der Waals surface area contributed by atoms with Gasteiger partial charge in [0.2, 0.25) is 0 Å². The van der Waals surface area contributed by atoms with E-state index in [0.717, 1.165) is 6.54 Å². The Morgan fingerprint density at radius 2 is 2.00 bits per heavy atom. The molecule has 2 aromatic carbocycles. The molecule has 3 aromatic rings. The lowest BCUT2D eigenvalue weighted by molar-refractivity contribution is 0.0879. The summed E-state index contributed by atoms with van der Waals surface area (Å²) in [6.07, 6.45) is 5.59. The van der Waals surface area contributed by atoms with E-state index in [0.29, 0.717) is 0 Å². The van der Waals surface area contributed by atoms with Gasteiger partial charge in [0.25, 0.3) is 0 Å². The predicted molar refractivity (Wildman–Crippen MR) is 75.9 cm³/mol. The van der Waals surface area contributed by atoms with Crippen LogP contribution in [0.1, 0.15) is 11.7 Å². The smallest absolute Gasteiger partial charge is 0.100 e. The van der Waals surface area contributed by atoms with Crippen molar-refractivity contribution in [2.24, 2.45) is 0 Å². The van der Waals surface area contributed by atoms with Crippen molar-refractivity contribution in [2.75, 3.05) is 7.11 Å². The van der Waals surface area contributed by atoms with Gasteiger partial charge in [-0.25, -0.2) is 4.98 Å². The molecule has 19 heavy (non-hydrogen) atoms. The molecule has 0 bridgehead atoms. The molecular formula is C16H16N2O. The van der Waals surface area contributed by atoms with Gasteiger partial charge < -0.3 is 9.30 Å². The van der Waals surface area contributed by atoms with Gasteiger partial charge in [-0.15, -0.1) is 0 Å². The molecular weight excluding hydrogens is 236 g/mol. The van der Waals surface area contributed by atoms with Gasteiger partial charge in [0.15, 0.2) is 0 Å². The molecule has 1 aromatic heterocycles. The number of imidazole rings is 1. The van der Waals surface area contributed by atoms with Crippen LogP contribution in [0.15, 0.2) is 61.2 Å². The molecule has 96 valence electrons. The minimum Gasteiger partial charge on any atom is -0.375 e. The molecule has 1 heterocycles. The van der Waals surface area contributed by atoms with Gasteiger partial charge in [-0.05, 0) is 22.4 Å². The summed E-state index contributed by atoms with van der Waals surface area (Å²) >= 11 is 0. The molecule has 0 amide bonds. The number of benzene rings is 2. The van der Waals surface area contributed by atoms with Gasteiger partial charge in [0.05, 0.1) is 12.9 Å². The van der Waals surface area contributed by atoms with Crippen LogP contribution in [0.3, 0.4) is 0 Å². The number of aromatic nitrogens is 2. The number of fused-ring (bicyclic) bond motifs is 1. The van der Waals surface area contributed by atoms with Crippen molar-refractivity contribution in [1.82, 2.24) is 9.55 Å². The molecule has 0 aliphatic heterocycles. The number of methoxy groups -OCH3 is 1. The van der Waals surface area contributed by atoms with Gasteiger partial charge >= 0.3 is 0 Å². The van der Waals surface area contributed by atoms with E-state index < -0.39 is 0 Å². The highest BCUT2D eigenvalue weighted by atomic mass is 16.5. The van der Waals surface area contributed by atoms with E-state index in [-0.39, 0.29) is 6.10 Å². The molecule has 0 N–H and O–H groups in total. The zero-order valence-electron chi connectivity index (χ0n) is 10.9. The lowest BCUT2D eigenvalue weighted by Crippen LogP contribution is -2.09. The van der Waals surface area contributed by atoms with Crippen LogP contribution in [0.25, 0.3) is 10.8 Å². The summed E-state index contributed by atoms with van der Waals surface area (Å²) in [5, 5.41) is 2.50. The minimum atomic E-state index is 0.0406. The quantitative estimate of drug-likeness (QED) is 0.711. The predicted octanol–water partition coefficient (Wildman–Crippen LogP) is 3.42. The summed E-state index contributed by atoms with van der Waals surface area (Å²) in [6.45, 7) is 0.773. The topological polar surface area (TPSA) is 27.1 Å². The van der Waals surface area contributed by atoms with Crippen molar-refractivity contribution in [2.45, 2.75) is 12.6 Å². The Kier molecular flexibility index (Phi) is 3.29. The maximum Gasteiger partial charge on any atom is 0.100 e. The fourth-order valence-electron chi connectivity index (χ4n) is 2.31. The largest absolute Gasteiger partial charge is 0.375 e. The normalized spacial score (nSPS) is 12.7. The Balaban J connectivity index is 1.92. The maximum atomic E-state index is 5.61. The Morgan fingerprint density at radius 1 is 1.16 bits per heavy atom. The number of rotatable bonds is 4. The summed E-state index contributed by atoms with van der Waals surface area (Å²) in [5.41, 5.74) is 1.19. The van der Waals surface area contributed by atoms with Crippen molar-refractivity contribution in [3.63, 3.8) is 0 Å². The molecule has 0 fully saturated rings. The molecule has 3 rings (SSSR count). The van der Waals surface area contributed by atoms with Crippen molar-refractivity contribution in [3.05, 3.63) is 66.7 Å². The highest BCUT2D eigenvalue weighted by Gasteiger charge is 2.11. The second-order valence-electron chi connectivity index (χ2n) is 4.59. The molecule has 0 aliphatic rings. The Labute approximate surface area is 112 Å². The molecule has 0 spiro atoms. The average Bonchev–Trinajstić information content (AvgIpc) is 2.97. The summed E-state index contributed by atoms with van der Waals surface area (Å²) < 4.78 is 7.64. The average molecular weight is 252 g/mol. The van der Waals surface area contributed by atoms with Crippen LogP contribution < -0.4 is 0 Å². The highest BCUT2D eigenvalue weighted by Crippen LogP contribution is 2.23. The third-order valence-electron chi connectivity index (χ3n) is 3.37. The fraction of sp³-hybridized carbons (Fsp3) is 0.188. The van der Waals surface area contributed by atoms with Crippen LogP contribution in [0.4, 0.5) is 0 Å². The van der Waals surface area contributed by atoms with Crippen molar-refractivity contribution < 1.29 is 4.74 Å². The second kappa shape index (κ2) is 5.24. The van der Waals surface area contributed by atoms with E-state index in [2.05, 4.69) is 47.4 Å². The number of hydrogen-bond donors (Lipinski definition) is 0. The number of ether oxygens (including phenoxy) is 1. The third kappa shape index (κ3) is 2.51. The maximum absolute atomic E-state index is 5.61. The first-order chi connectivity index (χ1) is 9.36. The second-order valence-corrected chi connectivity index (χ2v) is 4.59. The summed E-state index contributed by atoms with van der Waals surface area (Å²) in [7, 11) is 1.75. The van der Waals surface area contributed by atoms with E-state index in [9.17, 15) is 0 Å². The number of hydrogen-bond acceptors (Lipinski definition) is 2. The molecule has 0 saturated carbocycles. The zero-order valence-corrected chi connectivity index (χ0v) is 10.9. The van der Waals surface area contributed by atoms with Gasteiger partial charge in [0, 0.05) is 19.5 Å². The van der Waals surface area contributed by atoms with Crippen LogP contribution in [0.2, 0.25) is 0 Å². The van der Waals surface area contributed by atoms with E-state index in [1.165, 1.54) is 16.3 Å². The van der Waals surface area contributed by atoms with Crippen LogP contribution in [0.5, 0.6) is 0 Å². The van der Waals surface area contributed by atoms with Gasteiger partial charge in [-0.3, -0.25) is 0 Å². The minimum absolute atomic E-state index is 0.0406. The van der Waals surface area contributed by atoms with E-state index in [4.69, 9.17) is 4.74 Å². The summed E-state index contributed by atoms with van der Waals surface area (Å²) in [6, 6.07) is 14.8. The lowest BCUT2D eigenvalue weighted by atomic mass is 10.0. The first-order valence-corrected chi connectivity index (χ1v) is 6.34. The summed E-state index contributed by atoms with van der Waals surface area (Å²) in [4.78, 5) is 4.06. The molecule has 0 saturated heterocycles. The monoisotopic (exact) mass is 252 g/mol. The van der Waals surface area contributed by atoms with E-state index in [1.54, 1.807) is 13.3 Å². The molecule has 0 aliphatic carbocycles. The van der Waals surface area contributed by atoms with Crippen molar-refractivity contribution >= 4 is 10.8 Å². The summed E-state index contributed by atoms with van der Waals surface area (Å²) in [5.74, 6) is 0. The fourth-order valence-corrected chi connectivity index (χ4v) is 2.31. The molecule has 3 heteroatoms. The molecule has 1 unspecified atom stereocenters.